The second-order valence-corrected chi connectivity index (χ2v) is 9.21. The minimum Gasteiger partial charge on any atom is -0.372 e. The first-order valence-electron chi connectivity index (χ1n) is 9.22. The van der Waals surface area contributed by atoms with E-state index in [1.807, 2.05) is 6.07 Å². The number of amides is 1. The highest BCUT2D eigenvalue weighted by molar-refractivity contribution is 7.21. The summed E-state index contributed by atoms with van der Waals surface area (Å²) in [4.78, 5) is 16.4. The van der Waals surface area contributed by atoms with Crippen molar-refractivity contribution >= 4 is 27.3 Å². The molecule has 2 bridgehead atoms. The average Bonchev–Trinajstić information content (AvgIpc) is 3.23. The van der Waals surface area contributed by atoms with Gasteiger partial charge in [-0.3, -0.25) is 9.69 Å². The third kappa shape index (κ3) is 2.36. The summed E-state index contributed by atoms with van der Waals surface area (Å²) in [6.45, 7) is 8.24. The van der Waals surface area contributed by atoms with Crippen LogP contribution in [0, 0.1) is 5.92 Å². The molecule has 1 atom stereocenters. The van der Waals surface area contributed by atoms with Crippen LogP contribution in [-0.2, 0) is 18.0 Å². The molecule has 3 fully saturated rings. The van der Waals surface area contributed by atoms with E-state index in [2.05, 4.69) is 36.2 Å². The summed E-state index contributed by atoms with van der Waals surface area (Å²) in [5, 5.41) is 4.54. The van der Waals surface area contributed by atoms with Gasteiger partial charge in [-0.25, -0.2) is 0 Å². The number of carbonyl (C=O) groups excluding carboxylic acids is 1. The van der Waals surface area contributed by atoms with Gasteiger partial charge in [-0.2, -0.15) is 0 Å². The molecule has 0 spiro atoms. The molecular formula is C20H24N2O2S. The van der Waals surface area contributed by atoms with Gasteiger partial charge in [0.05, 0.1) is 18.1 Å². The highest BCUT2D eigenvalue weighted by Gasteiger charge is 2.48. The van der Waals surface area contributed by atoms with Crippen molar-refractivity contribution in [2.75, 3.05) is 13.1 Å². The van der Waals surface area contributed by atoms with Crippen LogP contribution in [0.15, 0.2) is 18.2 Å². The standard InChI is InChI=1S/C20H24N2O2S/c1-20(2)18(12-5-7-22(20)8-6-12)21-19(23)16-9-13-3-4-14-10-24-11-15(14)17(13)25-16/h3-4,9,12,18H,5-8,10-11H2,1-2H3,(H,21,23)/t18-/m1/s1. The van der Waals surface area contributed by atoms with Crippen LogP contribution in [-0.4, -0.2) is 35.5 Å². The van der Waals surface area contributed by atoms with Crippen molar-refractivity contribution in [3.05, 3.63) is 34.2 Å². The summed E-state index contributed by atoms with van der Waals surface area (Å²) in [7, 11) is 0. The van der Waals surface area contributed by atoms with Gasteiger partial charge in [-0.05, 0) is 62.7 Å². The van der Waals surface area contributed by atoms with Gasteiger partial charge < -0.3 is 10.1 Å². The Morgan fingerprint density at radius 1 is 1.28 bits per heavy atom. The van der Waals surface area contributed by atoms with Gasteiger partial charge in [0.2, 0.25) is 0 Å². The molecule has 2 aromatic rings. The lowest BCUT2D eigenvalue weighted by atomic mass is 9.72. The summed E-state index contributed by atoms with van der Waals surface area (Å²) in [6, 6.07) is 6.54. The van der Waals surface area contributed by atoms with E-state index in [1.54, 1.807) is 11.3 Å². The summed E-state index contributed by atoms with van der Waals surface area (Å²) >= 11 is 1.61. The number of carbonyl (C=O) groups is 1. The van der Waals surface area contributed by atoms with Crippen molar-refractivity contribution in [2.45, 2.75) is 51.5 Å². The Bertz CT molecular complexity index is 849. The predicted octanol–water partition coefficient (Wildman–Crippen LogP) is 3.53. The first-order chi connectivity index (χ1) is 12.0. The van der Waals surface area contributed by atoms with Crippen LogP contribution in [0.1, 0.15) is 47.5 Å². The van der Waals surface area contributed by atoms with E-state index < -0.39 is 0 Å². The molecular weight excluding hydrogens is 332 g/mol. The quantitative estimate of drug-likeness (QED) is 0.895. The molecule has 4 nitrogen and oxygen atoms in total. The Kier molecular flexibility index (Phi) is 3.50. The maximum Gasteiger partial charge on any atom is 0.261 e. The van der Waals surface area contributed by atoms with Crippen molar-refractivity contribution in [1.82, 2.24) is 10.2 Å². The van der Waals surface area contributed by atoms with E-state index in [4.69, 9.17) is 4.74 Å². The van der Waals surface area contributed by atoms with Crippen molar-refractivity contribution in [3.8, 4) is 0 Å². The first-order valence-corrected chi connectivity index (χ1v) is 10.0. The molecule has 0 saturated carbocycles. The van der Waals surface area contributed by atoms with E-state index in [-0.39, 0.29) is 17.5 Å². The molecule has 5 heterocycles. The molecule has 4 aliphatic heterocycles. The van der Waals surface area contributed by atoms with Gasteiger partial charge in [0.1, 0.15) is 0 Å². The van der Waals surface area contributed by atoms with Crippen molar-refractivity contribution in [3.63, 3.8) is 0 Å². The molecule has 3 saturated heterocycles. The zero-order chi connectivity index (χ0) is 17.2. The molecule has 0 aliphatic carbocycles. The number of hydrogen-bond acceptors (Lipinski definition) is 4. The number of piperidine rings is 3. The van der Waals surface area contributed by atoms with E-state index in [1.165, 1.54) is 41.8 Å². The largest absolute Gasteiger partial charge is 0.372 e. The number of fused-ring (bicyclic) bond motifs is 6. The van der Waals surface area contributed by atoms with Crippen molar-refractivity contribution < 1.29 is 9.53 Å². The molecule has 1 amide bonds. The molecule has 6 rings (SSSR count). The zero-order valence-electron chi connectivity index (χ0n) is 14.8. The van der Waals surface area contributed by atoms with Crippen LogP contribution in [0.5, 0.6) is 0 Å². The number of nitrogens with zero attached hydrogens (tertiary/aromatic N) is 1. The normalized spacial score (nSPS) is 29.8. The number of rotatable bonds is 2. The van der Waals surface area contributed by atoms with Gasteiger partial charge in [-0.15, -0.1) is 11.3 Å². The lowest BCUT2D eigenvalue weighted by molar-refractivity contribution is -0.0377. The lowest BCUT2D eigenvalue weighted by Gasteiger charge is -2.56. The van der Waals surface area contributed by atoms with Crippen LogP contribution in [0.25, 0.3) is 10.1 Å². The maximum absolute atomic E-state index is 13.0. The molecule has 1 N–H and O–H groups in total. The van der Waals surface area contributed by atoms with E-state index >= 15 is 0 Å². The third-order valence-electron chi connectivity index (χ3n) is 6.49. The Morgan fingerprint density at radius 2 is 2.08 bits per heavy atom. The second kappa shape index (κ2) is 5.53. The number of ether oxygens (including phenoxy) is 1. The Labute approximate surface area is 152 Å². The second-order valence-electron chi connectivity index (χ2n) is 8.15. The Hall–Kier alpha value is -1.43. The number of nitrogens with one attached hydrogen (secondary N) is 1. The zero-order valence-corrected chi connectivity index (χ0v) is 15.6. The highest BCUT2D eigenvalue weighted by Crippen LogP contribution is 2.40. The highest BCUT2D eigenvalue weighted by atomic mass is 32.1. The maximum atomic E-state index is 13.0. The molecule has 132 valence electrons. The molecule has 0 unspecified atom stereocenters. The summed E-state index contributed by atoms with van der Waals surface area (Å²) < 4.78 is 6.79. The fourth-order valence-electron chi connectivity index (χ4n) is 4.96. The topological polar surface area (TPSA) is 41.6 Å². The van der Waals surface area contributed by atoms with Gasteiger partial charge >= 0.3 is 0 Å². The van der Waals surface area contributed by atoms with E-state index in [0.717, 1.165) is 10.3 Å². The molecule has 0 radical (unpaired) electrons. The minimum absolute atomic E-state index is 0.0442. The monoisotopic (exact) mass is 356 g/mol. The van der Waals surface area contributed by atoms with E-state index in [0.29, 0.717) is 19.1 Å². The molecule has 25 heavy (non-hydrogen) atoms. The van der Waals surface area contributed by atoms with Crippen molar-refractivity contribution in [1.29, 1.82) is 0 Å². The number of benzene rings is 1. The van der Waals surface area contributed by atoms with Crippen LogP contribution in [0.3, 0.4) is 0 Å². The van der Waals surface area contributed by atoms with Gasteiger partial charge in [0.15, 0.2) is 0 Å². The molecule has 1 aromatic carbocycles. The fraction of sp³-hybridized carbons (Fsp3) is 0.550. The molecule has 4 aliphatic rings. The summed E-state index contributed by atoms with van der Waals surface area (Å²) in [5.74, 6) is 0.691. The lowest BCUT2D eigenvalue weighted by Crippen LogP contribution is -2.69. The predicted molar refractivity (Wildman–Crippen MR) is 99.9 cm³/mol. The summed E-state index contributed by atoms with van der Waals surface area (Å²) in [6.07, 6.45) is 2.40. The minimum atomic E-state index is 0.0442. The third-order valence-corrected chi connectivity index (χ3v) is 7.70. The van der Waals surface area contributed by atoms with Crippen LogP contribution in [0.4, 0.5) is 0 Å². The van der Waals surface area contributed by atoms with E-state index in [9.17, 15) is 4.79 Å². The Balaban J connectivity index is 1.44. The fourth-order valence-corrected chi connectivity index (χ4v) is 6.07. The molecule has 5 heteroatoms. The van der Waals surface area contributed by atoms with Crippen LogP contribution in [0.2, 0.25) is 0 Å². The first kappa shape index (κ1) is 15.8. The smallest absolute Gasteiger partial charge is 0.261 e. The van der Waals surface area contributed by atoms with Gasteiger partial charge in [0, 0.05) is 21.8 Å². The van der Waals surface area contributed by atoms with Gasteiger partial charge in [0.25, 0.3) is 5.91 Å². The van der Waals surface area contributed by atoms with Crippen LogP contribution < -0.4 is 5.32 Å². The molecule has 1 aromatic heterocycles. The van der Waals surface area contributed by atoms with Crippen molar-refractivity contribution in [2.24, 2.45) is 5.92 Å². The number of thiophene rings is 1. The van der Waals surface area contributed by atoms with Crippen LogP contribution >= 0.6 is 11.3 Å². The van der Waals surface area contributed by atoms with Gasteiger partial charge in [-0.1, -0.05) is 12.1 Å². The average molecular weight is 356 g/mol. The number of hydrogen-bond donors (Lipinski definition) is 1. The summed E-state index contributed by atoms with van der Waals surface area (Å²) in [5.41, 5.74) is 2.58. The SMILES string of the molecule is CC1(C)[C@H](NC(=O)c2cc3ccc4c(c3s2)COC4)C2CCN1CC2. The Morgan fingerprint density at radius 3 is 2.84 bits per heavy atom.